The standard InChI is InChI=1S/C23H21N3O4S/c27-22-21-15(17-4-2-8-28-17)13-31-23(21)25-20(24-22)12-26-7-1-3-16(26)14-5-6-18-19(11-14)30-10-9-29-18/h2,4-6,8,11,13,16H,1,3,7,9-10,12H2,(H,24,25,27). The van der Waals surface area contributed by atoms with Crippen molar-refractivity contribution < 1.29 is 13.9 Å². The van der Waals surface area contributed by atoms with Gasteiger partial charge in [0.25, 0.3) is 5.56 Å². The van der Waals surface area contributed by atoms with Crippen molar-refractivity contribution in [2.24, 2.45) is 0 Å². The van der Waals surface area contributed by atoms with Gasteiger partial charge in [-0.2, -0.15) is 0 Å². The first kappa shape index (κ1) is 18.7. The molecule has 1 saturated heterocycles. The Morgan fingerprint density at radius 3 is 2.97 bits per heavy atom. The van der Waals surface area contributed by atoms with Crippen molar-refractivity contribution in [3.63, 3.8) is 0 Å². The molecule has 2 aliphatic rings. The van der Waals surface area contributed by atoms with E-state index >= 15 is 0 Å². The van der Waals surface area contributed by atoms with Crippen molar-refractivity contribution in [2.45, 2.75) is 25.4 Å². The molecule has 6 rings (SSSR count). The number of hydrogen-bond acceptors (Lipinski definition) is 7. The molecule has 0 amide bonds. The summed E-state index contributed by atoms with van der Waals surface area (Å²) in [5.74, 6) is 2.99. The Kier molecular flexibility index (Phi) is 4.54. The van der Waals surface area contributed by atoms with Gasteiger partial charge in [-0.1, -0.05) is 6.07 Å². The average molecular weight is 436 g/mol. The Morgan fingerprint density at radius 2 is 2.10 bits per heavy atom. The highest BCUT2D eigenvalue weighted by Gasteiger charge is 2.28. The summed E-state index contributed by atoms with van der Waals surface area (Å²) in [5, 5.41) is 2.53. The van der Waals surface area contributed by atoms with Crippen LogP contribution in [0.4, 0.5) is 0 Å². The lowest BCUT2D eigenvalue weighted by Gasteiger charge is -2.26. The molecule has 31 heavy (non-hydrogen) atoms. The van der Waals surface area contributed by atoms with Gasteiger partial charge in [0.15, 0.2) is 11.5 Å². The third-order valence-electron chi connectivity index (χ3n) is 5.95. The second-order valence-electron chi connectivity index (χ2n) is 7.85. The quantitative estimate of drug-likeness (QED) is 0.513. The van der Waals surface area contributed by atoms with E-state index in [0.29, 0.717) is 36.7 Å². The highest BCUT2D eigenvalue weighted by atomic mass is 32.1. The minimum atomic E-state index is -0.122. The van der Waals surface area contributed by atoms with Gasteiger partial charge in [-0.3, -0.25) is 9.69 Å². The number of benzene rings is 1. The van der Waals surface area contributed by atoms with Crippen LogP contribution < -0.4 is 15.0 Å². The summed E-state index contributed by atoms with van der Waals surface area (Å²) in [6.45, 7) is 2.73. The molecule has 7 nitrogen and oxygen atoms in total. The predicted octanol–water partition coefficient (Wildman–Crippen LogP) is 4.35. The normalized spacial score (nSPS) is 18.6. The molecule has 0 saturated carbocycles. The van der Waals surface area contributed by atoms with Crippen molar-refractivity contribution in [3.05, 3.63) is 63.7 Å². The monoisotopic (exact) mass is 435 g/mol. The minimum Gasteiger partial charge on any atom is -0.486 e. The van der Waals surface area contributed by atoms with Crippen molar-refractivity contribution in [2.75, 3.05) is 19.8 Å². The van der Waals surface area contributed by atoms with Gasteiger partial charge in [0.05, 0.1) is 18.2 Å². The molecule has 8 heteroatoms. The fourth-order valence-corrected chi connectivity index (χ4v) is 5.48. The Bertz CT molecular complexity index is 1290. The van der Waals surface area contributed by atoms with E-state index in [4.69, 9.17) is 18.9 Å². The van der Waals surface area contributed by atoms with Crippen LogP contribution in [0.25, 0.3) is 21.5 Å². The van der Waals surface area contributed by atoms with Crippen molar-refractivity contribution in [1.29, 1.82) is 0 Å². The van der Waals surface area contributed by atoms with E-state index in [1.807, 2.05) is 23.6 Å². The average Bonchev–Trinajstić information content (AvgIpc) is 3.54. The van der Waals surface area contributed by atoms with E-state index in [1.165, 1.54) is 16.9 Å². The molecule has 4 aromatic rings. The maximum Gasteiger partial charge on any atom is 0.260 e. The lowest BCUT2D eigenvalue weighted by molar-refractivity contribution is 0.170. The van der Waals surface area contributed by atoms with E-state index in [0.717, 1.165) is 41.3 Å². The number of ether oxygens (including phenoxy) is 2. The van der Waals surface area contributed by atoms with Crippen LogP contribution in [0.2, 0.25) is 0 Å². The number of H-pyrrole nitrogens is 1. The van der Waals surface area contributed by atoms with Crippen LogP contribution in [0.3, 0.4) is 0 Å². The Labute approximate surface area is 182 Å². The maximum atomic E-state index is 12.9. The summed E-state index contributed by atoms with van der Waals surface area (Å²) in [7, 11) is 0. The van der Waals surface area contributed by atoms with Crippen molar-refractivity contribution in [3.8, 4) is 22.8 Å². The van der Waals surface area contributed by atoms with Gasteiger partial charge in [-0.05, 0) is 49.2 Å². The summed E-state index contributed by atoms with van der Waals surface area (Å²) in [6.07, 6.45) is 3.78. The number of hydrogen-bond donors (Lipinski definition) is 1. The van der Waals surface area contributed by atoms with E-state index in [-0.39, 0.29) is 11.6 Å². The van der Waals surface area contributed by atoms with E-state index in [9.17, 15) is 4.79 Å². The first-order valence-electron chi connectivity index (χ1n) is 10.4. The number of furan rings is 1. The van der Waals surface area contributed by atoms with Crippen molar-refractivity contribution in [1.82, 2.24) is 14.9 Å². The molecule has 0 bridgehead atoms. The SMILES string of the molecule is O=c1[nH]c(CN2CCCC2c2ccc3c(c2)OCCO3)nc2scc(-c3ccco3)c12. The number of likely N-dealkylation sites (tertiary alicyclic amines) is 1. The molecule has 1 fully saturated rings. The van der Waals surface area contributed by atoms with Gasteiger partial charge in [0.1, 0.15) is 29.6 Å². The molecule has 1 unspecified atom stereocenters. The topological polar surface area (TPSA) is 80.6 Å². The fraction of sp³-hybridized carbons (Fsp3) is 0.304. The molecular formula is C23H21N3O4S. The highest BCUT2D eigenvalue weighted by molar-refractivity contribution is 7.17. The predicted molar refractivity (Wildman–Crippen MR) is 118 cm³/mol. The first-order chi connectivity index (χ1) is 15.3. The van der Waals surface area contributed by atoms with Gasteiger partial charge < -0.3 is 18.9 Å². The molecule has 3 aromatic heterocycles. The van der Waals surface area contributed by atoms with Crippen LogP contribution in [0.1, 0.15) is 30.3 Å². The zero-order valence-corrected chi connectivity index (χ0v) is 17.6. The van der Waals surface area contributed by atoms with Gasteiger partial charge in [-0.25, -0.2) is 4.98 Å². The second kappa shape index (κ2) is 7.55. The number of rotatable bonds is 4. The first-order valence-corrected chi connectivity index (χ1v) is 11.3. The van der Waals surface area contributed by atoms with Gasteiger partial charge >= 0.3 is 0 Å². The number of thiophene rings is 1. The van der Waals surface area contributed by atoms with Crippen LogP contribution >= 0.6 is 11.3 Å². The smallest absolute Gasteiger partial charge is 0.260 e. The van der Waals surface area contributed by atoms with Crippen LogP contribution in [0.15, 0.2) is 51.2 Å². The zero-order chi connectivity index (χ0) is 20.8. The van der Waals surface area contributed by atoms with Gasteiger partial charge in [0, 0.05) is 17.0 Å². The summed E-state index contributed by atoms with van der Waals surface area (Å²) < 4.78 is 16.9. The van der Waals surface area contributed by atoms with E-state index in [2.05, 4.69) is 22.0 Å². The van der Waals surface area contributed by atoms with Crippen LogP contribution in [-0.4, -0.2) is 34.6 Å². The Balaban J connectivity index is 1.29. The van der Waals surface area contributed by atoms with Crippen molar-refractivity contribution >= 4 is 21.6 Å². The van der Waals surface area contributed by atoms with Crippen LogP contribution in [0, 0.1) is 0 Å². The number of nitrogens with one attached hydrogen (secondary N) is 1. The molecular weight excluding hydrogens is 414 g/mol. The third kappa shape index (κ3) is 3.32. The van der Waals surface area contributed by atoms with E-state index in [1.54, 1.807) is 6.26 Å². The summed E-state index contributed by atoms with van der Waals surface area (Å²) >= 11 is 1.47. The molecule has 158 valence electrons. The molecule has 5 heterocycles. The Hall–Kier alpha value is -3.10. The second-order valence-corrected chi connectivity index (χ2v) is 8.71. The number of fused-ring (bicyclic) bond motifs is 2. The number of aromatic nitrogens is 2. The number of aromatic amines is 1. The van der Waals surface area contributed by atoms with Gasteiger partial charge in [0.2, 0.25) is 0 Å². The summed E-state index contributed by atoms with van der Waals surface area (Å²) in [6, 6.07) is 10.1. The third-order valence-corrected chi connectivity index (χ3v) is 6.82. The largest absolute Gasteiger partial charge is 0.486 e. The molecule has 2 aliphatic heterocycles. The molecule has 0 spiro atoms. The van der Waals surface area contributed by atoms with Gasteiger partial charge in [-0.15, -0.1) is 11.3 Å². The molecule has 0 aliphatic carbocycles. The maximum absolute atomic E-state index is 12.9. The molecule has 1 atom stereocenters. The number of nitrogens with zero attached hydrogens (tertiary/aromatic N) is 2. The molecule has 0 radical (unpaired) electrons. The minimum absolute atomic E-state index is 0.122. The summed E-state index contributed by atoms with van der Waals surface area (Å²) in [4.78, 5) is 23.8. The summed E-state index contributed by atoms with van der Waals surface area (Å²) in [5.41, 5.74) is 1.88. The molecule has 1 aromatic carbocycles. The fourth-order valence-electron chi connectivity index (χ4n) is 4.53. The van der Waals surface area contributed by atoms with Crippen LogP contribution in [-0.2, 0) is 6.54 Å². The highest BCUT2D eigenvalue weighted by Crippen LogP contribution is 2.38. The van der Waals surface area contributed by atoms with E-state index < -0.39 is 0 Å². The Morgan fingerprint density at radius 1 is 1.19 bits per heavy atom. The molecule has 1 N–H and O–H groups in total. The zero-order valence-electron chi connectivity index (χ0n) is 16.8. The lowest BCUT2D eigenvalue weighted by Crippen LogP contribution is -2.26. The lowest BCUT2D eigenvalue weighted by atomic mass is 10.0. The van der Waals surface area contributed by atoms with Crippen LogP contribution in [0.5, 0.6) is 11.5 Å².